The van der Waals surface area contributed by atoms with E-state index in [-0.39, 0.29) is 11.6 Å². The third kappa shape index (κ3) is 2.69. The number of fused-ring (bicyclic) bond motifs is 1. The van der Waals surface area contributed by atoms with Crippen molar-refractivity contribution in [3.63, 3.8) is 0 Å². The first-order valence-electron chi connectivity index (χ1n) is 6.75. The van der Waals surface area contributed by atoms with Crippen molar-refractivity contribution in [1.82, 2.24) is 4.98 Å². The number of aryl methyl sites for hydroxylation is 1. The number of oxazole rings is 1. The van der Waals surface area contributed by atoms with Crippen molar-refractivity contribution in [3.05, 3.63) is 60.1 Å². The highest BCUT2D eigenvalue weighted by Gasteiger charge is 2.10. The SMILES string of the molecule is Cc1cc(O)ccc1NC=C(C=O)c1nc2ccccc2o1. The second kappa shape index (κ2) is 5.73. The van der Waals surface area contributed by atoms with Crippen LogP contribution in [-0.2, 0) is 4.79 Å². The molecule has 2 N–H and O–H groups in total. The van der Waals surface area contributed by atoms with Crippen LogP contribution in [0.15, 0.2) is 53.1 Å². The summed E-state index contributed by atoms with van der Waals surface area (Å²) in [6, 6.07) is 12.3. The highest BCUT2D eigenvalue weighted by molar-refractivity contribution is 6.06. The molecule has 3 aromatic rings. The molecule has 22 heavy (non-hydrogen) atoms. The van der Waals surface area contributed by atoms with E-state index < -0.39 is 0 Å². The molecule has 3 rings (SSSR count). The van der Waals surface area contributed by atoms with Gasteiger partial charge in [-0.2, -0.15) is 0 Å². The Morgan fingerprint density at radius 3 is 2.82 bits per heavy atom. The van der Waals surface area contributed by atoms with E-state index >= 15 is 0 Å². The number of aromatic hydroxyl groups is 1. The Bertz CT molecular complexity index is 832. The number of phenolic OH excluding ortho intramolecular Hbond substituents is 1. The van der Waals surface area contributed by atoms with Gasteiger partial charge in [0.1, 0.15) is 11.3 Å². The van der Waals surface area contributed by atoms with Crippen LogP contribution in [0.5, 0.6) is 5.75 Å². The molecule has 110 valence electrons. The molecule has 2 aromatic carbocycles. The molecule has 0 bridgehead atoms. The number of carbonyl (C=O) groups excluding carboxylic acids is 1. The van der Waals surface area contributed by atoms with Gasteiger partial charge in [-0.1, -0.05) is 12.1 Å². The number of anilines is 1. The average Bonchev–Trinajstić information content (AvgIpc) is 2.93. The Labute approximate surface area is 126 Å². The maximum atomic E-state index is 11.3. The fourth-order valence-corrected chi connectivity index (χ4v) is 2.11. The van der Waals surface area contributed by atoms with Gasteiger partial charge in [0.25, 0.3) is 0 Å². The molecule has 0 unspecified atom stereocenters. The number of carbonyl (C=O) groups is 1. The summed E-state index contributed by atoms with van der Waals surface area (Å²) in [4.78, 5) is 15.6. The van der Waals surface area contributed by atoms with Gasteiger partial charge in [0.15, 0.2) is 11.9 Å². The van der Waals surface area contributed by atoms with Crippen molar-refractivity contribution in [2.24, 2.45) is 0 Å². The quantitative estimate of drug-likeness (QED) is 0.437. The van der Waals surface area contributed by atoms with Crippen LogP contribution in [0.2, 0.25) is 0 Å². The summed E-state index contributed by atoms with van der Waals surface area (Å²) in [6.45, 7) is 1.86. The molecule has 1 aromatic heterocycles. The van der Waals surface area contributed by atoms with Crippen molar-refractivity contribution in [2.75, 3.05) is 5.32 Å². The van der Waals surface area contributed by atoms with E-state index in [4.69, 9.17) is 4.42 Å². The largest absolute Gasteiger partial charge is 0.508 e. The van der Waals surface area contributed by atoms with Crippen LogP contribution in [0.3, 0.4) is 0 Å². The second-order valence-corrected chi connectivity index (χ2v) is 4.85. The fraction of sp³-hybridized carbons (Fsp3) is 0.0588. The minimum Gasteiger partial charge on any atom is -0.508 e. The molecule has 0 amide bonds. The summed E-state index contributed by atoms with van der Waals surface area (Å²) in [5.74, 6) is 0.460. The smallest absolute Gasteiger partial charge is 0.232 e. The molecular weight excluding hydrogens is 280 g/mol. The van der Waals surface area contributed by atoms with Gasteiger partial charge in [0.05, 0.1) is 5.57 Å². The van der Waals surface area contributed by atoms with E-state index in [1.807, 2.05) is 25.1 Å². The van der Waals surface area contributed by atoms with Crippen molar-refractivity contribution >= 4 is 28.6 Å². The van der Waals surface area contributed by atoms with Gasteiger partial charge in [-0.3, -0.25) is 4.79 Å². The summed E-state index contributed by atoms with van der Waals surface area (Å²) < 4.78 is 5.57. The second-order valence-electron chi connectivity index (χ2n) is 4.85. The van der Waals surface area contributed by atoms with E-state index in [1.165, 1.54) is 6.20 Å². The predicted octanol–water partition coefficient (Wildman–Crippen LogP) is 3.49. The molecule has 5 heteroatoms. The monoisotopic (exact) mass is 294 g/mol. The Kier molecular flexibility index (Phi) is 3.62. The molecule has 5 nitrogen and oxygen atoms in total. The van der Waals surface area contributed by atoms with Gasteiger partial charge in [0.2, 0.25) is 5.89 Å². The zero-order chi connectivity index (χ0) is 15.5. The molecule has 0 atom stereocenters. The highest BCUT2D eigenvalue weighted by Crippen LogP contribution is 2.22. The summed E-state index contributed by atoms with van der Waals surface area (Å²) >= 11 is 0. The van der Waals surface area contributed by atoms with Crippen LogP contribution in [0, 0.1) is 6.92 Å². The number of benzene rings is 2. The summed E-state index contributed by atoms with van der Waals surface area (Å²) in [7, 11) is 0. The maximum absolute atomic E-state index is 11.3. The third-order valence-electron chi connectivity index (χ3n) is 3.26. The Morgan fingerprint density at radius 2 is 2.09 bits per heavy atom. The first kappa shape index (κ1) is 13.9. The van der Waals surface area contributed by atoms with Gasteiger partial charge >= 0.3 is 0 Å². The number of nitrogens with zero attached hydrogens (tertiary/aromatic N) is 1. The highest BCUT2D eigenvalue weighted by atomic mass is 16.3. The lowest BCUT2D eigenvalue weighted by Crippen LogP contribution is -1.95. The van der Waals surface area contributed by atoms with E-state index in [0.29, 0.717) is 23.0 Å². The Hall–Kier alpha value is -3.08. The minimum absolute atomic E-state index is 0.196. The average molecular weight is 294 g/mol. The van der Waals surface area contributed by atoms with Gasteiger partial charge in [-0.15, -0.1) is 0 Å². The molecule has 0 saturated heterocycles. The number of hydrogen-bond acceptors (Lipinski definition) is 5. The van der Waals surface area contributed by atoms with Crippen LogP contribution in [0.4, 0.5) is 5.69 Å². The van der Waals surface area contributed by atoms with Crippen molar-refractivity contribution in [1.29, 1.82) is 0 Å². The maximum Gasteiger partial charge on any atom is 0.232 e. The number of hydrogen-bond donors (Lipinski definition) is 2. The van der Waals surface area contributed by atoms with E-state index in [0.717, 1.165) is 11.3 Å². The third-order valence-corrected chi connectivity index (χ3v) is 3.26. The lowest BCUT2D eigenvalue weighted by Gasteiger charge is -2.06. The summed E-state index contributed by atoms with van der Waals surface area (Å²) in [5, 5.41) is 12.4. The molecule has 0 spiro atoms. The molecule has 1 heterocycles. The number of allylic oxidation sites excluding steroid dienone is 1. The zero-order valence-electron chi connectivity index (χ0n) is 11.9. The molecular formula is C17H14N2O3. The van der Waals surface area contributed by atoms with Crippen LogP contribution in [0.25, 0.3) is 16.7 Å². The normalized spacial score (nSPS) is 11.6. The number of rotatable bonds is 4. The van der Waals surface area contributed by atoms with Crippen molar-refractivity contribution in [3.8, 4) is 5.75 Å². The molecule has 0 radical (unpaired) electrons. The number of phenols is 1. The van der Waals surface area contributed by atoms with Gasteiger partial charge in [-0.05, 0) is 42.8 Å². The first-order valence-corrected chi connectivity index (χ1v) is 6.75. The zero-order valence-corrected chi connectivity index (χ0v) is 11.9. The molecule has 0 fully saturated rings. The predicted molar refractivity (Wildman–Crippen MR) is 84.5 cm³/mol. The summed E-state index contributed by atoms with van der Waals surface area (Å²) in [5.41, 5.74) is 3.29. The molecule has 0 aliphatic carbocycles. The minimum atomic E-state index is 0.196. The lowest BCUT2D eigenvalue weighted by molar-refractivity contribution is -0.103. The number of para-hydroxylation sites is 2. The lowest BCUT2D eigenvalue weighted by atomic mass is 10.2. The molecule has 0 aliphatic rings. The number of aromatic nitrogens is 1. The van der Waals surface area contributed by atoms with Crippen LogP contribution in [0.1, 0.15) is 11.5 Å². The van der Waals surface area contributed by atoms with E-state index in [1.54, 1.807) is 24.3 Å². The van der Waals surface area contributed by atoms with E-state index in [9.17, 15) is 9.90 Å². The van der Waals surface area contributed by atoms with Gasteiger partial charge < -0.3 is 14.8 Å². The summed E-state index contributed by atoms with van der Waals surface area (Å²) in [6.07, 6.45) is 2.23. The topological polar surface area (TPSA) is 75.4 Å². The van der Waals surface area contributed by atoms with Crippen LogP contribution >= 0.6 is 0 Å². The molecule has 0 saturated carbocycles. The first-order chi connectivity index (χ1) is 10.7. The molecule has 0 aliphatic heterocycles. The Morgan fingerprint density at radius 1 is 1.27 bits per heavy atom. The Balaban J connectivity index is 1.91. The van der Waals surface area contributed by atoms with Crippen LogP contribution in [-0.4, -0.2) is 16.4 Å². The van der Waals surface area contributed by atoms with Gasteiger partial charge in [-0.25, -0.2) is 4.98 Å². The van der Waals surface area contributed by atoms with Crippen molar-refractivity contribution in [2.45, 2.75) is 6.92 Å². The number of aldehydes is 1. The van der Waals surface area contributed by atoms with Crippen molar-refractivity contribution < 1.29 is 14.3 Å². The van der Waals surface area contributed by atoms with Gasteiger partial charge in [0, 0.05) is 11.9 Å². The number of nitrogens with one attached hydrogen (secondary N) is 1. The standard InChI is InChI=1S/C17H14N2O3/c1-11-8-13(21)6-7-14(11)18-9-12(10-20)17-19-15-4-2-3-5-16(15)22-17/h2-10,18,21H,1H3. The fourth-order valence-electron chi connectivity index (χ4n) is 2.11. The van der Waals surface area contributed by atoms with Crippen LogP contribution < -0.4 is 5.32 Å². The van der Waals surface area contributed by atoms with E-state index in [2.05, 4.69) is 10.3 Å².